The zero-order valence-electron chi connectivity index (χ0n) is 27.2. The number of benzene rings is 4. The van der Waals surface area contributed by atoms with E-state index in [1.807, 2.05) is 85.6 Å². The second-order valence-corrected chi connectivity index (χ2v) is 12.2. The van der Waals surface area contributed by atoms with Gasteiger partial charge in [0, 0.05) is 37.7 Å². The van der Waals surface area contributed by atoms with E-state index in [2.05, 4.69) is 23.6 Å². The summed E-state index contributed by atoms with van der Waals surface area (Å²) in [7, 11) is 1.95. The monoisotopic (exact) mass is 639 g/mol. The smallest absolute Gasteiger partial charge is 0.315 e. The molecule has 0 aromatic heterocycles. The fourth-order valence-corrected chi connectivity index (χ4v) is 5.94. The van der Waals surface area contributed by atoms with E-state index in [0.29, 0.717) is 31.7 Å². The molecule has 1 fully saturated rings. The minimum absolute atomic E-state index is 0.0124. The number of rotatable bonds is 12. The molecule has 1 heterocycles. The summed E-state index contributed by atoms with van der Waals surface area (Å²) >= 11 is 0. The van der Waals surface area contributed by atoms with Crippen LogP contribution in [0.1, 0.15) is 60.2 Å². The molecule has 248 valence electrons. The number of hydrogen-bond acceptors (Lipinski definition) is 7. The summed E-state index contributed by atoms with van der Waals surface area (Å²) in [6.07, 6.45) is -1.86. The Hall–Kier alpha value is -4.25. The van der Waals surface area contributed by atoms with Crippen molar-refractivity contribution in [3.05, 3.63) is 125 Å². The van der Waals surface area contributed by atoms with Gasteiger partial charge in [0.05, 0.1) is 24.9 Å². The SMILES string of the molecule is CCNC(=O)NCc1cccc(-c2ccc(C3OC(CN(C)CC(O)c4cccc(O)c4)C(C)C(c4ccc(CO)cc4)O3)cc2)c1. The van der Waals surface area contributed by atoms with E-state index in [0.717, 1.165) is 33.4 Å². The van der Waals surface area contributed by atoms with E-state index in [-0.39, 0.29) is 36.5 Å². The third-order valence-electron chi connectivity index (χ3n) is 8.59. The van der Waals surface area contributed by atoms with Crippen LogP contribution in [0.4, 0.5) is 4.79 Å². The number of phenols is 1. The van der Waals surface area contributed by atoms with Crippen LogP contribution in [0.5, 0.6) is 5.75 Å². The predicted octanol–water partition coefficient (Wildman–Crippen LogP) is 5.83. The lowest BCUT2D eigenvalue weighted by Crippen LogP contribution is -2.44. The first-order valence-electron chi connectivity index (χ1n) is 16.1. The average molecular weight is 640 g/mol. The van der Waals surface area contributed by atoms with Gasteiger partial charge in [-0.05, 0) is 65.6 Å². The number of nitrogens with zero attached hydrogens (tertiary/aromatic N) is 1. The van der Waals surface area contributed by atoms with Crippen molar-refractivity contribution in [3.8, 4) is 16.9 Å². The second kappa shape index (κ2) is 16.0. The summed E-state index contributed by atoms with van der Waals surface area (Å²) in [6.45, 7) is 5.89. The number of ether oxygens (including phenoxy) is 2. The first-order valence-corrected chi connectivity index (χ1v) is 16.1. The number of carbonyl (C=O) groups is 1. The number of hydrogen-bond donors (Lipinski definition) is 5. The van der Waals surface area contributed by atoms with Crippen LogP contribution in [-0.4, -0.2) is 59.0 Å². The zero-order chi connectivity index (χ0) is 33.3. The molecule has 2 amide bonds. The largest absolute Gasteiger partial charge is 0.508 e. The summed E-state index contributed by atoms with van der Waals surface area (Å²) in [6, 6.07) is 30.6. The molecular weight excluding hydrogens is 594 g/mol. The number of urea groups is 1. The van der Waals surface area contributed by atoms with Crippen molar-refractivity contribution in [2.24, 2.45) is 5.92 Å². The van der Waals surface area contributed by atoms with Crippen LogP contribution < -0.4 is 10.6 Å². The third-order valence-corrected chi connectivity index (χ3v) is 8.59. The Bertz CT molecular complexity index is 1600. The normalized spacial score (nSPS) is 20.1. The van der Waals surface area contributed by atoms with Crippen molar-refractivity contribution in [3.63, 3.8) is 0 Å². The lowest BCUT2D eigenvalue weighted by atomic mass is 9.90. The highest BCUT2D eigenvalue weighted by molar-refractivity contribution is 5.74. The highest BCUT2D eigenvalue weighted by Crippen LogP contribution is 2.42. The molecule has 1 aliphatic heterocycles. The number of aromatic hydroxyl groups is 1. The number of nitrogens with one attached hydrogen (secondary N) is 2. The van der Waals surface area contributed by atoms with Crippen molar-refractivity contribution < 1.29 is 29.6 Å². The van der Waals surface area contributed by atoms with Gasteiger partial charge in [-0.2, -0.15) is 0 Å². The number of likely N-dealkylation sites (N-methyl/N-ethyl adjacent to an activating group) is 1. The van der Waals surface area contributed by atoms with Gasteiger partial charge in [-0.3, -0.25) is 0 Å². The molecule has 4 aromatic carbocycles. The van der Waals surface area contributed by atoms with Gasteiger partial charge in [0.1, 0.15) is 5.75 Å². The molecule has 0 radical (unpaired) electrons. The van der Waals surface area contributed by atoms with Gasteiger partial charge in [0.2, 0.25) is 0 Å². The summed E-state index contributed by atoms with van der Waals surface area (Å²) < 4.78 is 13.3. The Labute approximate surface area is 276 Å². The van der Waals surface area contributed by atoms with Crippen molar-refractivity contribution >= 4 is 6.03 Å². The van der Waals surface area contributed by atoms with Crippen LogP contribution in [0.3, 0.4) is 0 Å². The summed E-state index contributed by atoms with van der Waals surface area (Å²) in [4.78, 5) is 13.9. The fraction of sp³-hybridized carbons (Fsp3) is 0.342. The van der Waals surface area contributed by atoms with Crippen molar-refractivity contribution in [2.45, 2.75) is 51.6 Å². The van der Waals surface area contributed by atoms with E-state index in [1.165, 1.54) is 0 Å². The maximum atomic E-state index is 11.8. The van der Waals surface area contributed by atoms with E-state index in [4.69, 9.17) is 9.47 Å². The Balaban J connectivity index is 1.33. The molecule has 0 aliphatic carbocycles. The van der Waals surface area contributed by atoms with E-state index < -0.39 is 12.4 Å². The van der Waals surface area contributed by atoms with Crippen LogP contribution in [0.15, 0.2) is 97.1 Å². The van der Waals surface area contributed by atoms with Gasteiger partial charge in [-0.1, -0.05) is 85.8 Å². The maximum absolute atomic E-state index is 11.8. The van der Waals surface area contributed by atoms with Gasteiger partial charge in [0.15, 0.2) is 6.29 Å². The molecule has 4 aromatic rings. The number of aliphatic hydroxyl groups excluding tert-OH is 2. The number of aliphatic hydroxyl groups is 2. The van der Waals surface area contributed by atoms with Crippen molar-refractivity contribution in [1.29, 1.82) is 0 Å². The maximum Gasteiger partial charge on any atom is 0.315 e. The standard InChI is InChI=1S/C38H45N3O6/c1-4-39-38(45)40-21-27-7-5-8-31(19-27)28-15-17-30(18-16-28)37-46-35(23-41(3)22-34(44)32-9-6-10-33(43)20-32)25(2)36(47-37)29-13-11-26(24-42)12-14-29/h5-20,25,34-37,42-44H,4,21-24H2,1-3H3,(H2,39,40,45). The molecule has 1 saturated heterocycles. The summed E-state index contributed by atoms with van der Waals surface area (Å²) in [5, 5.41) is 35.9. The molecular formula is C38H45N3O6. The molecule has 9 nitrogen and oxygen atoms in total. The predicted molar refractivity (Wildman–Crippen MR) is 181 cm³/mol. The highest BCUT2D eigenvalue weighted by Gasteiger charge is 2.39. The van der Waals surface area contributed by atoms with Crippen LogP contribution in [0.2, 0.25) is 0 Å². The molecule has 0 spiro atoms. The molecule has 5 N–H and O–H groups in total. The second-order valence-electron chi connectivity index (χ2n) is 12.2. The topological polar surface area (TPSA) is 124 Å². The summed E-state index contributed by atoms with van der Waals surface area (Å²) in [5.74, 6) is 0.109. The quantitative estimate of drug-likeness (QED) is 0.132. The minimum atomic E-state index is -0.768. The highest BCUT2D eigenvalue weighted by atomic mass is 16.7. The van der Waals surface area contributed by atoms with Crippen LogP contribution in [0, 0.1) is 5.92 Å². The molecule has 5 unspecified atom stereocenters. The minimum Gasteiger partial charge on any atom is -0.508 e. The number of phenolic OH excluding ortho intramolecular Hbond substituents is 1. The molecule has 0 bridgehead atoms. The Morgan fingerprint density at radius 2 is 1.60 bits per heavy atom. The Kier molecular flexibility index (Phi) is 11.6. The summed E-state index contributed by atoms with van der Waals surface area (Å²) in [5.41, 5.74) is 6.46. The fourth-order valence-electron chi connectivity index (χ4n) is 5.94. The Morgan fingerprint density at radius 1 is 0.872 bits per heavy atom. The lowest BCUT2D eigenvalue weighted by molar-refractivity contribution is -0.276. The van der Waals surface area contributed by atoms with Crippen molar-refractivity contribution in [1.82, 2.24) is 15.5 Å². The molecule has 5 atom stereocenters. The average Bonchev–Trinajstić information content (AvgIpc) is 3.08. The molecule has 9 heteroatoms. The first kappa shape index (κ1) is 34.1. The molecule has 1 aliphatic rings. The third kappa shape index (κ3) is 8.97. The Morgan fingerprint density at radius 3 is 2.30 bits per heavy atom. The molecule has 47 heavy (non-hydrogen) atoms. The van der Waals surface area contributed by atoms with Crippen LogP contribution in [0.25, 0.3) is 11.1 Å². The van der Waals surface area contributed by atoms with Gasteiger partial charge in [-0.25, -0.2) is 4.79 Å². The van der Waals surface area contributed by atoms with Crippen LogP contribution in [-0.2, 0) is 22.6 Å². The van der Waals surface area contributed by atoms with E-state index >= 15 is 0 Å². The van der Waals surface area contributed by atoms with E-state index in [9.17, 15) is 20.1 Å². The molecule has 0 saturated carbocycles. The van der Waals surface area contributed by atoms with Gasteiger partial charge in [0.25, 0.3) is 0 Å². The first-order chi connectivity index (χ1) is 22.7. The zero-order valence-corrected chi connectivity index (χ0v) is 27.2. The van der Waals surface area contributed by atoms with Gasteiger partial charge < -0.3 is 40.3 Å². The molecule has 5 rings (SSSR count). The number of amides is 2. The van der Waals surface area contributed by atoms with Gasteiger partial charge >= 0.3 is 6.03 Å². The van der Waals surface area contributed by atoms with E-state index in [1.54, 1.807) is 24.3 Å². The van der Waals surface area contributed by atoms with Crippen LogP contribution >= 0.6 is 0 Å². The van der Waals surface area contributed by atoms with Gasteiger partial charge in [-0.15, -0.1) is 0 Å². The lowest BCUT2D eigenvalue weighted by Gasteiger charge is -2.42. The van der Waals surface area contributed by atoms with Crippen molar-refractivity contribution in [2.75, 3.05) is 26.7 Å². The number of carbonyl (C=O) groups excluding carboxylic acids is 1.